The third-order valence-corrected chi connectivity index (χ3v) is 6.41. The van der Waals surface area contributed by atoms with Crippen LogP contribution in [0.2, 0.25) is 0 Å². The third-order valence-electron chi connectivity index (χ3n) is 6.41. The van der Waals surface area contributed by atoms with Gasteiger partial charge in [0.25, 0.3) is 5.91 Å². The van der Waals surface area contributed by atoms with Crippen LogP contribution in [0.1, 0.15) is 55.8 Å². The van der Waals surface area contributed by atoms with Crippen molar-refractivity contribution < 1.29 is 14.6 Å². The molecule has 0 aliphatic heterocycles. The van der Waals surface area contributed by atoms with Crippen molar-refractivity contribution in [1.29, 1.82) is 0 Å². The van der Waals surface area contributed by atoms with Crippen LogP contribution in [0.5, 0.6) is 6.01 Å². The van der Waals surface area contributed by atoms with Crippen molar-refractivity contribution >= 4 is 5.91 Å². The molecule has 0 aromatic carbocycles. The lowest BCUT2D eigenvalue weighted by atomic mass is 9.46. The summed E-state index contributed by atoms with van der Waals surface area (Å²) in [5, 5.41) is 14.0. The first-order valence-electron chi connectivity index (χ1n) is 8.81. The van der Waals surface area contributed by atoms with Crippen LogP contribution < -0.4 is 10.1 Å². The van der Waals surface area contributed by atoms with Crippen molar-refractivity contribution in [3.8, 4) is 6.01 Å². The number of hydrogen-bond donors (Lipinski definition) is 2. The van der Waals surface area contributed by atoms with Crippen LogP contribution in [0.25, 0.3) is 0 Å². The highest BCUT2D eigenvalue weighted by atomic mass is 16.5. The Morgan fingerprint density at radius 2 is 1.92 bits per heavy atom. The van der Waals surface area contributed by atoms with Gasteiger partial charge in [-0.2, -0.15) is 0 Å². The second-order valence-corrected chi connectivity index (χ2v) is 8.20. The fraction of sp³-hybridized carbons (Fsp3) is 0.722. The van der Waals surface area contributed by atoms with Gasteiger partial charge < -0.3 is 15.2 Å². The molecule has 4 fully saturated rings. The van der Waals surface area contributed by atoms with Crippen LogP contribution in [0.15, 0.2) is 12.4 Å². The lowest BCUT2D eigenvalue weighted by Gasteiger charge is -2.62. The van der Waals surface area contributed by atoms with Crippen LogP contribution >= 0.6 is 0 Å². The number of rotatable bonds is 4. The predicted molar refractivity (Wildman–Crippen MR) is 87.6 cm³/mol. The molecule has 1 aromatic heterocycles. The Bertz CT molecular complexity index is 631. The Kier molecular flexibility index (Phi) is 3.56. The molecular formula is C18H25N3O3. The molecule has 0 radical (unpaired) electrons. The largest absolute Gasteiger partial charge is 0.467 e. The Labute approximate surface area is 142 Å². The van der Waals surface area contributed by atoms with E-state index in [1.54, 1.807) is 0 Å². The fourth-order valence-electron chi connectivity index (χ4n) is 5.76. The zero-order chi connectivity index (χ0) is 16.9. The minimum atomic E-state index is -0.508. The number of nitrogens with zero attached hydrogens (tertiary/aromatic N) is 2. The highest BCUT2D eigenvalue weighted by Crippen LogP contribution is 2.62. The molecule has 4 bridgehead atoms. The number of aliphatic hydroxyl groups is 1. The molecule has 4 saturated carbocycles. The quantitative estimate of drug-likeness (QED) is 0.881. The average molecular weight is 331 g/mol. The van der Waals surface area contributed by atoms with Gasteiger partial charge in [0.1, 0.15) is 0 Å². The zero-order valence-electron chi connectivity index (χ0n) is 14.3. The molecule has 6 nitrogen and oxygen atoms in total. The summed E-state index contributed by atoms with van der Waals surface area (Å²) in [6.07, 6.45) is 9.15. The number of ether oxygens (including phenoxy) is 1. The van der Waals surface area contributed by atoms with E-state index >= 15 is 0 Å². The minimum absolute atomic E-state index is 0.0296. The van der Waals surface area contributed by atoms with Crippen LogP contribution in [-0.4, -0.2) is 39.7 Å². The highest BCUT2D eigenvalue weighted by molar-refractivity contribution is 5.93. The molecule has 1 amide bonds. The summed E-state index contributed by atoms with van der Waals surface area (Å²) < 4.78 is 4.92. The number of nitrogens with one attached hydrogen (secondary N) is 1. The molecule has 3 atom stereocenters. The summed E-state index contributed by atoms with van der Waals surface area (Å²) in [4.78, 5) is 20.5. The smallest absolute Gasteiger partial charge is 0.316 e. The monoisotopic (exact) mass is 331 g/mol. The number of carbonyl (C=O) groups is 1. The average Bonchev–Trinajstić information content (AvgIpc) is 2.52. The van der Waals surface area contributed by atoms with Gasteiger partial charge in [-0.1, -0.05) is 0 Å². The van der Waals surface area contributed by atoms with E-state index in [9.17, 15) is 9.90 Å². The third kappa shape index (κ3) is 2.57. The lowest BCUT2D eigenvalue weighted by molar-refractivity contribution is -0.171. The van der Waals surface area contributed by atoms with E-state index in [1.807, 2.05) is 0 Å². The maximum absolute atomic E-state index is 12.5. The predicted octanol–water partition coefficient (Wildman–Crippen LogP) is 1.93. The topological polar surface area (TPSA) is 84.3 Å². The van der Waals surface area contributed by atoms with Gasteiger partial charge >= 0.3 is 6.01 Å². The molecule has 6 heteroatoms. The molecule has 1 aromatic rings. The Morgan fingerprint density at radius 3 is 2.46 bits per heavy atom. The van der Waals surface area contributed by atoms with Gasteiger partial charge in [0, 0.05) is 18.4 Å². The first-order valence-corrected chi connectivity index (χ1v) is 8.81. The van der Waals surface area contributed by atoms with Gasteiger partial charge in [0.15, 0.2) is 0 Å². The van der Waals surface area contributed by atoms with Crippen molar-refractivity contribution in [2.75, 3.05) is 7.11 Å². The van der Waals surface area contributed by atoms with Gasteiger partial charge in [-0.15, -0.1) is 0 Å². The van der Waals surface area contributed by atoms with E-state index in [2.05, 4.69) is 22.2 Å². The summed E-state index contributed by atoms with van der Waals surface area (Å²) in [6.45, 7) is 2.08. The molecule has 4 aliphatic rings. The van der Waals surface area contributed by atoms with Gasteiger partial charge in [0.2, 0.25) is 0 Å². The number of amides is 1. The molecule has 24 heavy (non-hydrogen) atoms. The maximum Gasteiger partial charge on any atom is 0.316 e. The zero-order valence-corrected chi connectivity index (χ0v) is 14.3. The summed E-state index contributed by atoms with van der Waals surface area (Å²) in [7, 11) is 1.49. The minimum Gasteiger partial charge on any atom is -0.467 e. The molecule has 5 rings (SSSR count). The number of methoxy groups -OCH3 is 1. The highest BCUT2D eigenvalue weighted by Gasteiger charge is 2.59. The van der Waals surface area contributed by atoms with E-state index in [4.69, 9.17) is 4.74 Å². The van der Waals surface area contributed by atoms with Crippen LogP contribution in [0, 0.1) is 17.3 Å². The fourth-order valence-corrected chi connectivity index (χ4v) is 5.76. The van der Waals surface area contributed by atoms with E-state index in [1.165, 1.54) is 25.9 Å². The first-order chi connectivity index (χ1) is 11.4. The molecule has 4 aliphatic carbocycles. The van der Waals surface area contributed by atoms with Crippen molar-refractivity contribution in [3.05, 3.63) is 18.0 Å². The maximum atomic E-state index is 12.5. The second-order valence-electron chi connectivity index (χ2n) is 8.20. The van der Waals surface area contributed by atoms with E-state index < -0.39 is 5.60 Å². The Morgan fingerprint density at radius 1 is 1.29 bits per heavy atom. The van der Waals surface area contributed by atoms with Crippen LogP contribution in [0.4, 0.5) is 0 Å². The summed E-state index contributed by atoms with van der Waals surface area (Å²) in [5.41, 5.74) is -0.0419. The van der Waals surface area contributed by atoms with E-state index in [-0.39, 0.29) is 23.4 Å². The first kappa shape index (κ1) is 15.8. The van der Waals surface area contributed by atoms with E-state index in [0.717, 1.165) is 32.1 Å². The van der Waals surface area contributed by atoms with Crippen molar-refractivity contribution in [3.63, 3.8) is 0 Å². The van der Waals surface area contributed by atoms with Crippen molar-refractivity contribution in [2.24, 2.45) is 17.3 Å². The van der Waals surface area contributed by atoms with Gasteiger partial charge in [0.05, 0.1) is 18.3 Å². The standard InChI is InChI=1S/C18H25N3O3/c1-11(21-15(22)14-8-19-16(24-2)20-9-14)17-4-12-3-13(5-17)7-18(23,6-12)10-17/h8-9,11-13,23H,3-7,10H2,1-2H3,(H,21,22)/t11-,12+,13+,17?,18?/m1/s1. The molecule has 1 heterocycles. The van der Waals surface area contributed by atoms with Crippen molar-refractivity contribution in [2.45, 2.75) is 57.1 Å². The van der Waals surface area contributed by atoms with Crippen LogP contribution in [0.3, 0.4) is 0 Å². The normalized spacial score (nSPS) is 38.0. The number of carbonyl (C=O) groups excluding carboxylic acids is 1. The van der Waals surface area contributed by atoms with Gasteiger partial charge in [-0.05, 0) is 62.7 Å². The van der Waals surface area contributed by atoms with Crippen molar-refractivity contribution in [1.82, 2.24) is 15.3 Å². The van der Waals surface area contributed by atoms with Crippen LogP contribution in [-0.2, 0) is 0 Å². The van der Waals surface area contributed by atoms with E-state index in [0.29, 0.717) is 17.4 Å². The molecule has 0 unspecified atom stereocenters. The molecular weight excluding hydrogens is 306 g/mol. The molecule has 0 saturated heterocycles. The van der Waals surface area contributed by atoms with Gasteiger partial charge in [-0.25, -0.2) is 9.97 Å². The summed E-state index contributed by atoms with van der Waals surface area (Å²) in [6, 6.07) is 0.285. The summed E-state index contributed by atoms with van der Waals surface area (Å²) in [5.74, 6) is 1.06. The Balaban J connectivity index is 1.49. The van der Waals surface area contributed by atoms with Gasteiger partial charge in [-0.3, -0.25) is 4.79 Å². The number of hydrogen-bond acceptors (Lipinski definition) is 5. The number of aromatic nitrogens is 2. The SMILES string of the molecule is COc1ncc(C(=O)N[C@H](C)C23C[C@@H]4C[C@H](CC(O)(C4)C2)C3)cn1. The molecule has 0 spiro atoms. The lowest BCUT2D eigenvalue weighted by Crippen LogP contribution is -2.61. The summed E-state index contributed by atoms with van der Waals surface area (Å²) >= 11 is 0. The second kappa shape index (κ2) is 5.41. The molecule has 130 valence electrons. The molecule has 2 N–H and O–H groups in total. The Hall–Kier alpha value is -1.69.